The average molecular weight is 319 g/mol. The first kappa shape index (κ1) is 15.5. The van der Waals surface area contributed by atoms with Crippen molar-refractivity contribution >= 4 is 10.9 Å². The normalized spacial score (nSPS) is 11.9. The number of fused-ring (bicyclic) bond motifs is 1. The number of hydrogen-bond acceptors (Lipinski definition) is 1. The summed E-state index contributed by atoms with van der Waals surface area (Å²) in [4.78, 5) is 0. The topological polar surface area (TPSA) is 14.2 Å². The summed E-state index contributed by atoms with van der Waals surface area (Å²) >= 11 is 0. The minimum Gasteiger partial charge on any atom is -0.487 e. The number of para-hydroxylation sites is 1. The maximum atomic E-state index is 12.7. The molecule has 3 aromatic rings. The lowest BCUT2D eigenvalue weighted by molar-refractivity contribution is -0.137. The number of hydrogen-bond donors (Lipinski definition) is 0. The molecule has 1 aromatic heterocycles. The Labute approximate surface area is 132 Å². The third kappa shape index (κ3) is 3.04. The van der Waals surface area contributed by atoms with Crippen molar-refractivity contribution in [3.63, 3.8) is 0 Å². The van der Waals surface area contributed by atoms with E-state index in [1.807, 2.05) is 42.8 Å². The van der Waals surface area contributed by atoms with Crippen molar-refractivity contribution in [2.24, 2.45) is 7.05 Å². The Morgan fingerprint density at radius 1 is 1.04 bits per heavy atom. The number of alkyl halides is 3. The van der Waals surface area contributed by atoms with Gasteiger partial charge in [-0.25, -0.2) is 0 Å². The van der Waals surface area contributed by atoms with Gasteiger partial charge in [0.2, 0.25) is 0 Å². The first-order valence-electron chi connectivity index (χ1n) is 7.20. The molecular formula is C18H16F3NO. The molecule has 23 heavy (non-hydrogen) atoms. The van der Waals surface area contributed by atoms with Crippen LogP contribution >= 0.6 is 0 Å². The summed E-state index contributed by atoms with van der Waals surface area (Å²) in [7, 11) is 1.93. The van der Waals surface area contributed by atoms with E-state index in [-0.39, 0.29) is 12.4 Å². The lowest BCUT2D eigenvalue weighted by atomic mass is 10.2. The van der Waals surface area contributed by atoms with Crippen LogP contribution in [0, 0.1) is 6.92 Å². The van der Waals surface area contributed by atoms with Crippen LogP contribution in [0.2, 0.25) is 0 Å². The second-order valence-corrected chi connectivity index (χ2v) is 5.52. The molecule has 0 N–H and O–H groups in total. The van der Waals surface area contributed by atoms with Crippen LogP contribution < -0.4 is 4.74 Å². The van der Waals surface area contributed by atoms with Gasteiger partial charge in [0.05, 0.1) is 16.8 Å². The van der Waals surface area contributed by atoms with Crippen LogP contribution in [0.25, 0.3) is 10.9 Å². The molecule has 1 heterocycles. The smallest absolute Gasteiger partial charge is 0.416 e. The van der Waals surface area contributed by atoms with Gasteiger partial charge in [-0.15, -0.1) is 0 Å². The van der Waals surface area contributed by atoms with Crippen molar-refractivity contribution < 1.29 is 17.9 Å². The molecule has 0 bridgehead atoms. The van der Waals surface area contributed by atoms with Gasteiger partial charge in [0.25, 0.3) is 0 Å². The molecule has 0 amide bonds. The molecule has 2 aromatic carbocycles. The molecular weight excluding hydrogens is 303 g/mol. The summed E-state index contributed by atoms with van der Waals surface area (Å²) in [6.45, 7) is 2.24. The zero-order valence-electron chi connectivity index (χ0n) is 12.8. The van der Waals surface area contributed by atoms with E-state index < -0.39 is 11.7 Å². The minimum atomic E-state index is -4.36. The Kier molecular flexibility index (Phi) is 3.80. The van der Waals surface area contributed by atoms with E-state index >= 15 is 0 Å². The first-order chi connectivity index (χ1) is 10.9. The molecule has 5 heteroatoms. The number of halogens is 3. The first-order valence-corrected chi connectivity index (χ1v) is 7.20. The highest BCUT2D eigenvalue weighted by Gasteiger charge is 2.30. The molecule has 0 radical (unpaired) electrons. The van der Waals surface area contributed by atoms with Gasteiger partial charge < -0.3 is 9.30 Å². The summed E-state index contributed by atoms with van der Waals surface area (Å²) in [5, 5.41) is 1.09. The van der Waals surface area contributed by atoms with Gasteiger partial charge in [0.1, 0.15) is 12.4 Å². The maximum Gasteiger partial charge on any atom is 0.416 e. The van der Waals surface area contributed by atoms with Crippen molar-refractivity contribution in [2.45, 2.75) is 19.7 Å². The van der Waals surface area contributed by atoms with E-state index in [0.717, 1.165) is 34.3 Å². The predicted molar refractivity (Wildman–Crippen MR) is 83.4 cm³/mol. The SMILES string of the molecule is Cc1cccc2cc(COc3cccc(C(F)(F)F)c3)n(C)c12. The Bertz CT molecular complexity index is 849. The summed E-state index contributed by atoms with van der Waals surface area (Å²) in [6.07, 6.45) is -4.36. The second kappa shape index (κ2) is 5.65. The third-order valence-electron chi connectivity index (χ3n) is 3.91. The molecule has 0 aliphatic rings. The summed E-state index contributed by atoms with van der Waals surface area (Å²) in [6, 6.07) is 13.0. The highest BCUT2D eigenvalue weighted by Crippen LogP contribution is 2.31. The molecule has 0 aliphatic heterocycles. The average Bonchev–Trinajstić information content (AvgIpc) is 2.82. The highest BCUT2D eigenvalue weighted by molar-refractivity contribution is 5.84. The van der Waals surface area contributed by atoms with E-state index in [1.165, 1.54) is 12.1 Å². The van der Waals surface area contributed by atoms with E-state index in [4.69, 9.17) is 4.74 Å². The van der Waals surface area contributed by atoms with Crippen molar-refractivity contribution in [3.8, 4) is 5.75 Å². The molecule has 0 saturated carbocycles. The van der Waals surface area contributed by atoms with E-state index in [1.54, 1.807) is 0 Å². The van der Waals surface area contributed by atoms with Crippen LogP contribution in [0.1, 0.15) is 16.8 Å². The number of benzene rings is 2. The molecule has 0 atom stereocenters. The van der Waals surface area contributed by atoms with Gasteiger partial charge >= 0.3 is 6.18 Å². The predicted octanol–water partition coefficient (Wildman–Crippen LogP) is 5.08. The minimum absolute atomic E-state index is 0.210. The van der Waals surface area contributed by atoms with E-state index in [9.17, 15) is 13.2 Å². The molecule has 0 spiro atoms. The van der Waals surface area contributed by atoms with Crippen LogP contribution in [0.3, 0.4) is 0 Å². The monoisotopic (exact) mass is 319 g/mol. The standard InChI is InChI=1S/C18H16F3NO/c1-12-5-3-6-13-9-15(22(2)17(12)13)11-23-16-8-4-7-14(10-16)18(19,20)21/h3-10H,11H2,1-2H3. The number of ether oxygens (including phenoxy) is 1. The van der Waals surface area contributed by atoms with Gasteiger partial charge in [0.15, 0.2) is 0 Å². The number of aryl methyl sites for hydroxylation is 2. The lowest BCUT2D eigenvalue weighted by Crippen LogP contribution is -2.06. The number of aromatic nitrogens is 1. The van der Waals surface area contributed by atoms with Crippen molar-refractivity contribution in [1.82, 2.24) is 4.57 Å². The summed E-state index contributed by atoms with van der Waals surface area (Å²) < 4.78 is 45.7. The van der Waals surface area contributed by atoms with Gasteiger partial charge in [-0.1, -0.05) is 24.3 Å². The number of nitrogens with zero attached hydrogens (tertiary/aromatic N) is 1. The Hall–Kier alpha value is -2.43. The van der Waals surface area contributed by atoms with E-state index in [0.29, 0.717) is 0 Å². The Balaban J connectivity index is 1.84. The van der Waals surface area contributed by atoms with Crippen molar-refractivity contribution in [2.75, 3.05) is 0 Å². The molecule has 0 aliphatic carbocycles. The fourth-order valence-corrected chi connectivity index (χ4v) is 2.73. The lowest BCUT2D eigenvalue weighted by Gasteiger charge is -2.11. The molecule has 2 nitrogen and oxygen atoms in total. The van der Waals surface area contributed by atoms with Crippen LogP contribution in [-0.4, -0.2) is 4.57 Å². The van der Waals surface area contributed by atoms with Crippen LogP contribution in [-0.2, 0) is 19.8 Å². The van der Waals surface area contributed by atoms with Crippen molar-refractivity contribution in [1.29, 1.82) is 0 Å². The van der Waals surface area contributed by atoms with Gasteiger partial charge in [0, 0.05) is 12.4 Å². The van der Waals surface area contributed by atoms with Gasteiger partial charge in [-0.05, 0) is 36.8 Å². The number of rotatable bonds is 3. The largest absolute Gasteiger partial charge is 0.487 e. The van der Waals surface area contributed by atoms with Gasteiger partial charge in [-0.3, -0.25) is 0 Å². The molecule has 0 fully saturated rings. The zero-order valence-corrected chi connectivity index (χ0v) is 12.8. The molecule has 120 valence electrons. The molecule has 3 rings (SSSR count). The molecule has 0 unspecified atom stereocenters. The zero-order chi connectivity index (χ0) is 16.6. The Morgan fingerprint density at radius 2 is 1.78 bits per heavy atom. The quantitative estimate of drug-likeness (QED) is 0.656. The van der Waals surface area contributed by atoms with Crippen LogP contribution in [0.15, 0.2) is 48.5 Å². The second-order valence-electron chi connectivity index (χ2n) is 5.52. The Morgan fingerprint density at radius 3 is 2.48 bits per heavy atom. The molecule has 0 saturated heterocycles. The van der Waals surface area contributed by atoms with Gasteiger partial charge in [-0.2, -0.15) is 13.2 Å². The van der Waals surface area contributed by atoms with Crippen LogP contribution in [0.4, 0.5) is 13.2 Å². The third-order valence-corrected chi connectivity index (χ3v) is 3.91. The fourth-order valence-electron chi connectivity index (χ4n) is 2.73. The van der Waals surface area contributed by atoms with Crippen molar-refractivity contribution in [3.05, 3.63) is 65.4 Å². The fraction of sp³-hybridized carbons (Fsp3) is 0.222. The van der Waals surface area contributed by atoms with E-state index in [2.05, 4.69) is 0 Å². The summed E-state index contributed by atoms with van der Waals surface area (Å²) in [5.74, 6) is 0.210. The summed E-state index contributed by atoms with van der Waals surface area (Å²) in [5.41, 5.74) is 2.46. The highest BCUT2D eigenvalue weighted by atomic mass is 19.4. The maximum absolute atomic E-state index is 12.7. The van der Waals surface area contributed by atoms with Crippen LogP contribution in [0.5, 0.6) is 5.75 Å².